The van der Waals surface area contributed by atoms with Crippen molar-refractivity contribution in [3.05, 3.63) is 23.2 Å². The zero-order chi connectivity index (χ0) is 15.7. The first-order valence-electron chi connectivity index (χ1n) is 6.21. The molecular weight excluding hydrogens is 298 g/mol. The number of carbonyl (C=O) groups excluding carboxylic acids is 2. The predicted octanol–water partition coefficient (Wildman–Crippen LogP) is 1.23. The average molecular weight is 316 g/mol. The Balaban J connectivity index is 2.42. The van der Waals surface area contributed by atoms with Crippen molar-refractivity contribution >= 4 is 29.2 Å². The average Bonchev–Trinajstić information content (AvgIpc) is 2.45. The lowest BCUT2D eigenvalue weighted by Gasteiger charge is -2.11. The maximum absolute atomic E-state index is 11.6. The number of ether oxygens (including phenoxy) is 2. The van der Waals surface area contributed by atoms with Gasteiger partial charge in [-0.15, -0.1) is 0 Å². The summed E-state index contributed by atoms with van der Waals surface area (Å²) in [6, 6.07) is 4.42. The number of urea groups is 1. The largest absolute Gasteiger partial charge is 0.495 e. The molecule has 1 aromatic rings. The van der Waals surface area contributed by atoms with Gasteiger partial charge in [0.25, 0.3) is 0 Å². The summed E-state index contributed by atoms with van der Waals surface area (Å²) >= 11 is 5.87. The molecular formula is C13H18ClN3O4. The summed E-state index contributed by atoms with van der Waals surface area (Å²) in [5.41, 5.74) is 0.569. The van der Waals surface area contributed by atoms with Crippen LogP contribution in [0.1, 0.15) is 0 Å². The van der Waals surface area contributed by atoms with E-state index in [4.69, 9.17) is 21.1 Å². The van der Waals surface area contributed by atoms with Gasteiger partial charge >= 0.3 is 6.03 Å². The lowest BCUT2D eigenvalue weighted by atomic mass is 10.3. The SMILES string of the molecule is COCCNC(=O)NC(=O)CNc1cc(Cl)ccc1OC. The highest BCUT2D eigenvalue weighted by Gasteiger charge is 2.09. The smallest absolute Gasteiger partial charge is 0.321 e. The van der Waals surface area contributed by atoms with Crippen LogP contribution < -0.4 is 20.7 Å². The molecule has 0 fully saturated rings. The van der Waals surface area contributed by atoms with E-state index in [1.54, 1.807) is 18.2 Å². The van der Waals surface area contributed by atoms with Crippen LogP contribution in [0.2, 0.25) is 5.02 Å². The van der Waals surface area contributed by atoms with Gasteiger partial charge in [0.15, 0.2) is 0 Å². The van der Waals surface area contributed by atoms with Gasteiger partial charge in [0.1, 0.15) is 5.75 Å². The number of anilines is 1. The minimum absolute atomic E-state index is 0.0889. The molecule has 0 radical (unpaired) electrons. The van der Waals surface area contributed by atoms with Gasteiger partial charge in [0, 0.05) is 18.7 Å². The van der Waals surface area contributed by atoms with Crippen LogP contribution in [-0.4, -0.2) is 45.9 Å². The Morgan fingerprint density at radius 3 is 2.71 bits per heavy atom. The van der Waals surface area contributed by atoms with Crippen molar-refractivity contribution in [1.29, 1.82) is 0 Å². The maximum Gasteiger partial charge on any atom is 0.321 e. The Labute approximate surface area is 127 Å². The summed E-state index contributed by atoms with van der Waals surface area (Å²) in [5, 5.41) is 8.02. The lowest BCUT2D eigenvalue weighted by Crippen LogP contribution is -2.42. The van der Waals surface area contributed by atoms with E-state index in [9.17, 15) is 9.59 Å². The second-order valence-corrected chi connectivity index (χ2v) is 4.43. The maximum atomic E-state index is 11.6. The van der Waals surface area contributed by atoms with E-state index in [0.29, 0.717) is 29.6 Å². The highest BCUT2D eigenvalue weighted by molar-refractivity contribution is 6.30. The van der Waals surface area contributed by atoms with E-state index in [1.165, 1.54) is 14.2 Å². The fraction of sp³-hybridized carbons (Fsp3) is 0.385. The normalized spacial score (nSPS) is 9.86. The molecule has 0 aliphatic rings. The van der Waals surface area contributed by atoms with Crippen molar-refractivity contribution in [3.8, 4) is 5.75 Å². The molecule has 1 aromatic carbocycles. The summed E-state index contributed by atoms with van der Waals surface area (Å²) in [5.74, 6) is 0.0729. The summed E-state index contributed by atoms with van der Waals surface area (Å²) in [6.07, 6.45) is 0. The van der Waals surface area contributed by atoms with Crippen LogP contribution in [0.15, 0.2) is 18.2 Å². The molecule has 0 bridgehead atoms. The summed E-state index contributed by atoms with van der Waals surface area (Å²) < 4.78 is 9.91. The van der Waals surface area contributed by atoms with Crippen LogP contribution in [0.4, 0.5) is 10.5 Å². The van der Waals surface area contributed by atoms with Crippen LogP contribution in [0, 0.1) is 0 Å². The first-order valence-corrected chi connectivity index (χ1v) is 6.58. The van der Waals surface area contributed by atoms with Crippen LogP contribution >= 0.6 is 11.6 Å². The molecule has 1 rings (SSSR count). The molecule has 0 aromatic heterocycles. The third-order valence-electron chi connectivity index (χ3n) is 2.45. The minimum atomic E-state index is -0.572. The molecule has 3 N–H and O–H groups in total. The quantitative estimate of drug-likeness (QED) is 0.659. The van der Waals surface area contributed by atoms with Crippen molar-refractivity contribution in [2.75, 3.05) is 39.2 Å². The van der Waals surface area contributed by atoms with Gasteiger partial charge in [0.2, 0.25) is 5.91 Å². The van der Waals surface area contributed by atoms with E-state index < -0.39 is 11.9 Å². The van der Waals surface area contributed by atoms with E-state index >= 15 is 0 Å². The third kappa shape index (κ3) is 6.33. The number of imide groups is 1. The highest BCUT2D eigenvalue weighted by Crippen LogP contribution is 2.27. The fourth-order valence-corrected chi connectivity index (χ4v) is 1.65. The first kappa shape index (κ1) is 17.1. The molecule has 0 heterocycles. The zero-order valence-corrected chi connectivity index (χ0v) is 12.6. The van der Waals surface area contributed by atoms with Crippen LogP contribution in [0.3, 0.4) is 0 Å². The molecule has 0 atom stereocenters. The van der Waals surface area contributed by atoms with E-state index in [2.05, 4.69) is 16.0 Å². The summed E-state index contributed by atoms with van der Waals surface area (Å²) in [6.45, 7) is 0.610. The van der Waals surface area contributed by atoms with Crippen molar-refractivity contribution in [3.63, 3.8) is 0 Å². The Bertz CT molecular complexity index is 496. The fourth-order valence-electron chi connectivity index (χ4n) is 1.48. The van der Waals surface area contributed by atoms with Gasteiger partial charge in [-0.3, -0.25) is 10.1 Å². The number of nitrogens with one attached hydrogen (secondary N) is 3. The molecule has 0 unspecified atom stereocenters. The molecule has 0 saturated carbocycles. The summed E-state index contributed by atoms with van der Waals surface area (Å²) in [7, 11) is 3.03. The molecule has 116 valence electrons. The number of hydrogen-bond donors (Lipinski definition) is 3. The molecule has 8 heteroatoms. The zero-order valence-electron chi connectivity index (χ0n) is 11.9. The standard InChI is InChI=1S/C13H18ClN3O4/c1-20-6-5-15-13(19)17-12(18)8-16-10-7-9(14)3-4-11(10)21-2/h3-4,7,16H,5-6,8H2,1-2H3,(H2,15,17,18,19). The van der Waals surface area contributed by atoms with Crippen LogP contribution in [-0.2, 0) is 9.53 Å². The number of carbonyl (C=O) groups is 2. The van der Waals surface area contributed by atoms with Gasteiger partial charge < -0.3 is 20.1 Å². The minimum Gasteiger partial charge on any atom is -0.495 e. The molecule has 0 aliphatic heterocycles. The number of hydrogen-bond acceptors (Lipinski definition) is 5. The molecule has 0 spiro atoms. The number of benzene rings is 1. The van der Waals surface area contributed by atoms with Gasteiger partial charge in [-0.05, 0) is 18.2 Å². The van der Waals surface area contributed by atoms with Crippen LogP contribution in [0.25, 0.3) is 0 Å². The molecule has 3 amide bonds. The molecule has 0 saturated heterocycles. The highest BCUT2D eigenvalue weighted by atomic mass is 35.5. The van der Waals surface area contributed by atoms with Crippen molar-refractivity contribution < 1.29 is 19.1 Å². The van der Waals surface area contributed by atoms with Gasteiger partial charge in [-0.2, -0.15) is 0 Å². The first-order chi connectivity index (χ1) is 10.1. The third-order valence-corrected chi connectivity index (χ3v) is 2.68. The summed E-state index contributed by atoms with van der Waals surface area (Å²) in [4.78, 5) is 22.9. The number of amides is 3. The van der Waals surface area contributed by atoms with Gasteiger partial charge in [0.05, 0.1) is 25.9 Å². The van der Waals surface area contributed by atoms with Crippen LogP contribution in [0.5, 0.6) is 5.75 Å². The van der Waals surface area contributed by atoms with E-state index in [0.717, 1.165) is 0 Å². The second kappa shape index (κ2) is 9.04. The lowest BCUT2D eigenvalue weighted by molar-refractivity contribution is -0.118. The Kier molecular flexibility index (Phi) is 7.34. The topological polar surface area (TPSA) is 88.7 Å². The molecule has 0 aliphatic carbocycles. The number of methoxy groups -OCH3 is 2. The van der Waals surface area contributed by atoms with E-state index in [-0.39, 0.29) is 6.54 Å². The van der Waals surface area contributed by atoms with Gasteiger partial charge in [-0.25, -0.2) is 4.79 Å². The Morgan fingerprint density at radius 1 is 1.29 bits per heavy atom. The van der Waals surface area contributed by atoms with E-state index in [1.807, 2.05) is 0 Å². The van der Waals surface area contributed by atoms with Gasteiger partial charge in [-0.1, -0.05) is 11.6 Å². The predicted molar refractivity (Wildman–Crippen MR) is 79.9 cm³/mol. The molecule has 7 nitrogen and oxygen atoms in total. The monoisotopic (exact) mass is 315 g/mol. The Hall–Kier alpha value is -1.99. The van der Waals surface area contributed by atoms with Crippen molar-refractivity contribution in [1.82, 2.24) is 10.6 Å². The van der Waals surface area contributed by atoms with Crippen molar-refractivity contribution in [2.45, 2.75) is 0 Å². The van der Waals surface area contributed by atoms with Crippen molar-refractivity contribution in [2.24, 2.45) is 0 Å². The number of rotatable bonds is 7. The number of halogens is 1. The Morgan fingerprint density at radius 2 is 2.05 bits per heavy atom. The molecule has 21 heavy (non-hydrogen) atoms. The second-order valence-electron chi connectivity index (χ2n) is 4.00.